The number of likely N-dealkylation sites (N-methyl/N-ethyl adjacent to an activating group) is 1. The van der Waals surface area contributed by atoms with E-state index in [1.165, 1.54) is 12.1 Å². The highest BCUT2D eigenvalue weighted by Crippen LogP contribution is 2.30. The van der Waals surface area contributed by atoms with Gasteiger partial charge in [-0.1, -0.05) is 12.1 Å². The zero-order valence-electron chi connectivity index (χ0n) is 14.6. The van der Waals surface area contributed by atoms with Crippen LogP contribution < -0.4 is 16.0 Å². The SMILES string of the molecule is Cc1cc(N)c(NC(=O)c2ccccc2F)cc1N1CCN(C)CC1. The van der Waals surface area contributed by atoms with Crippen molar-refractivity contribution in [3.63, 3.8) is 0 Å². The summed E-state index contributed by atoms with van der Waals surface area (Å²) in [6.45, 7) is 5.82. The summed E-state index contributed by atoms with van der Waals surface area (Å²) in [4.78, 5) is 16.9. The molecule has 1 aliphatic rings. The molecule has 6 heteroatoms. The quantitative estimate of drug-likeness (QED) is 0.842. The van der Waals surface area contributed by atoms with Gasteiger partial charge in [0.25, 0.3) is 5.91 Å². The van der Waals surface area contributed by atoms with E-state index in [0.717, 1.165) is 37.4 Å². The Bertz CT molecular complexity index is 785. The van der Waals surface area contributed by atoms with Crippen molar-refractivity contribution in [3.05, 3.63) is 53.3 Å². The first-order valence-electron chi connectivity index (χ1n) is 8.35. The Morgan fingerprint density at radius 1 is 1.16 bits per heavy atom. The van der Waals surface area contributed by atoms with Gasteiger partial charge in [-0.2, -0.15) is 0 Å². The van der Waals surface area contributed by atoms with Gasteiger partial charge >= 0.3 is 0 Å². The van der Waals surface area contributed by atoms with Crippen molar-refractivity contribution in [2.75, 3.05) is 49.2 Å². The second-order valence-corrected chi connectivity index (χ2v) is 6.45. The normalized spacial score (nSPS) is 15.2. The lowest BCUT2D eigenvalue weighted by atomic mass is 10.1. The van der Waals surface area contributed by atoms with Gasteiger partial charge in [-0.05, 0) is 43.8 Å². The number of carbonyl (C=O) groups excluding carboxylic acids is 1. The Morgan fingerprint density at radius 2 is 1.84 bits per heavy atom. The average Bonchev–Trinajstić information content (AvgIpc) is 2.58. The summed E-state index contributed by atoms with van der Waals surface area (Å²) in [5.41, 5.74) is 9.16. The molecular weight excluding hydrogens is 319 g/mol. The van der Waals surface area contributed by atoms with E-state index in [-0.39, 0.29) is 5.56 Å². The minimum atomic E-state index is -0.551. The van der Waals surface area contributed by atoms with Crippen molar-refractivity contribution in [1.82, 2.24) is 4.90 Å². The topological polar surface area (TPSA) is 61.6 Å². The lowest BCUT2D eigenvalue weighted by Crippen LogP contribution is -2.44. The highest BCUT2D eigenvalue weighted by molar-refractivity contribution is 6.06. The number of hydrogen-bond acceptors (Lipinski definition) is 4. The number of aryl methyl sites for hydroxylation is 1. The maximum atomic E-state index is 13.8. The molecule has 3 N–H and O–H groups in total. The van der Waals surface area contributed by atoms with Crippen molar-refractivity contribution in [1.29, 1.82) is 0 Å². The number of nitrogens with zero attached hydrogens (tertiary/aromatic N) is 2. The molecule has 132 valence electrons. The third-order valence-electron chi connectivity index (χ3n) is 4.58. The van der Waals surface area contributed by atoms with Crippen LogP contribution in [0.3, 0.4) is 0 Å². The van der Waals surface area contributed by atoms with E-state index in [4.69, 9.17) is 5.73 Å². The molecule has 2 aromatic carbocycles. The molecule has 1 fully saturated rings. The Hall–Kier alpha value is -2.60. The second kappa shape index (κ2) is 7.11. The van der Waals surface area contributed by atoms with Crippen LogP contribution >= 0.6 is 0 Å². The van der Waals surface area contributed by atoms with Crippen LogP contribution in [0.5, 0.6) is 0 Å². The smallest absolute Gasteiger partial charge is 0.258 e. The summed E-state index contributed by atoms with van der Waals surface area (Å²) >= 11 is 0. The zero-order chi connectivity index (χ0) is 18.0. The average molecular weight is 342 g/mol. The Morgan fingerprint density at radius 3 is 2.52 bits per heavy atom. The van der Waals surface area contributed by atoms with Gasteiger partial charge in [0.2, 0.25) is 0 Å². The number of rotatable bonds is 3. The summed E-state index contributed by atoms with van der Waals surface area (Å²) in [7, 11) is 2.10. The molecule has 0 bridgehead atoms. The molecule has 1 heterocycles. The van der Waals surface area contributed by atoms with Gasteiger partial charge in [-0.3, -0.25) is 4.79 Å². The van der Waals surface area contributed by atoms with E-state index in [9.17, 15) is 9.18 Å². The second-order valence-electron chi connectivity index (χ2n) is 6.45. The molecule has 1 amide bonds. The van der Waals surface area contributed by atoms with E-state index < -0.39 is 11.7 Å². The summed E-state index contributed by atoms with van der Waals surface area (Å²) in [5.74, 6) is -1.05. The third-order valence-corrected chi connectivity index (χ3v) is 4.58. The fraction of sp³-hybridized carbons (Fsp3) is 0.316. The monoisotopic (exact) mass is 342 g/mol. The van der Waals surface area contributed by atoms with Crippen molar-refractivity contribution >= 4 is 23.0 Å². The van der Waals surface area contributed by atoms with E-state index in [0.29, 0.717) is 11.4 Å². The summed E-state index contributed by atoms with van der Waals surface area (Å²) in [5, 5.41) is 2.74. The van der Waals surface area contributed by atoms with Gasteiger partial charge in [-0.25, -0.2) is 4.39 Å². The minimum Gasteiger partial charge on any atom is -0.397 e. The number of anilines is 3. The number of benzene rings is 2. The Balaban J connectivity index is 1.85. The first-order chi connectivity index (χ1) is 12.0. The Kier molecular flexibility index (Phi) is 4.90. The van der Waals surface area contributed by atoms with Gasteiger partial charge in [-0.15, -0.1) is 0 Å². The van der Waals surface area contributed by atoms with Gasteiger partial charge < -0.3 is 20.9 Å². The summed E-state index contributed by atoms with van der Waals surface area (Å²) < 4.78 is 13.8. The largest absolute Gasteiger partial charge is 0.397 e. The van der Waals surface area contributed by atoms with Gasteiger partial charge in [0, 0.05) is 31.9 Å². The number of halogens is 1. The maximum absolute atomic E-state index is 13.8. The molecule has 0 aliphatic carbocycles. The first kappa shape index (κ1) is 17.2. The molecule has 3 rings (SSSR count). The maximum Gasteiger partial charge on any atom is 0.258 e. The number of carbonyl (C=O) groups is 1. The number of nitrogens with one attached hydrogen (secondary N) is 1. The molecule has 0 spiro atoms. The van der Waals surface area contributed by atoms with Crippen LogP contribution in [0, 0.1) is 12.7 Å². The van der Waals surface area contributed by atoms with Crippen LogP contribution in [0.4, 0.5) is 21.5 Å². The fourth-order valence-corrected chi connectivity index (χ4v) is 3.05. The number of hydrogen-bond donors (Lipinski definition) is 2. The molecule has 1 aliphatic heterocycles. The highest BCUT2D eigenvalue weighted by Gasteiger charge is 2.19. The number of amides is 1. The molecule has 0 unspecified atom stereocenters. The molecule has 0 saturated carbocycles. The molecule has 0 aromatic heterocycles. The van der Waals surface area contributed by atoms with Crippen molar-refractivity contribution in [3.8, 4) is 0 Å². The van der Waals surface area contributed by atoms with Crippen LogP contribution in [0.25, 0.3) is 0 Å². The van der Waals surface area contributed by atoms with Crippen molar-refractivity contribution in [2.45, 2.75) is 6.92 Å². The Labute approximate surface area is 147 Å². The molecule has 2 aromatic rings. The lowest BCUT2D eigenvalue weighted by Gasteiger charge is -2.35. The molecule has 0 radical (unpaired) electrons. The van der Waals surface area contributed by atoms with Crippen molar-refractivity contribution in [2.24, 2.45) is 0 Å². The van der Waals surface area contributed by atoms with E-state index >= 15 is 0 Å². The first-order valence-corrected chi connectivity index (χ1v) is 8.35. The van der Waals surface area contributed by atoms with Crippen LogP contribution in [0.15, 0.2) is 36.4 Å². The standard InChI is InChI=1S/C19H23FN4O/c1-13-11-16(21)17(12-18(13)24-9-7-23(2)8-10-24)22-19(25)14-5-3-4-6-15(14)20/h3-6,11-12H,7-10,21H2,1-2H3,(H,22,25). The molecule has 25 heavy (non-hydrogen) atoms. The predicted octanol–water partition coefficient (Wildman–Crippen LogP) is 2.72. The van der Waals surface area contributed by atoms with E-state index in [1.807, 2.05) is 19.1 Å². The zero-order valence-corrected chi connectivity index (χ0v) is 14.6. The highest BCUT2D eigenvalue weighted by atomic mass is 19.1. The van der Waals surface area contributed by atoms with Gasteiger partial charge in [0.05, 0.1) is 16.9 Å². The lowest BCUT2D eigenvalue weighted by molar-refractivity contribution is 0.102. The minimum absolute atomic E-state index is 0.00335. The van der Waals surface area contributed by atoms with Crippen LogP contribution in [-0.2, 0) is 0 Å². The third kappa shape index (κ3) is 3.74. The molecular formula is C19H23FN4O. The summed E-state index contributed by atoms with van der Waals surface area (Å²) in [6.07, 6.45) is 0. The predicted molar refractivity (Wildman–Crippen MR) is 99.7 cm³/mol. The van der Waals surface area contributed by atoms with Gasteiger partial charge in [0.1, 0.15) is 5.82 Å². The van der Waals surface area contributed by atoms with Gasteiger partial charge in [0.15, 0.2) is 0 Å². The van der Waals surface area contributed by atoms with E-state index in [2.05, 4.69) is 22.2 Å². The van der Waals surface area contributed by atoms with Crippen molar-refractivity contribution < 1.29 is 9.18 Å². The van der Waals surface area contributed by atoms with Crippen LogP contribution in [0.1, 0.15) is 15.9 Å². The molecule has 0 atom stereocenters. The molecule has 1 saturated heterocycles. The number of nitrogen functional groups attached to an aromatic ring is 1. The van der Waals surface area contributed by atoms with Crippen LogP contribution in [-0.4, -0.2) is 44.0 Å². The van der Waals surface area contributed by atoms with E-state index in [1.54, 1.807) is 12.1 Å². The molecule has 5 nitrogen and oxygen atoms in total. The number of piperazine rings is 1. The van der Waals surface area contributed by atoms with Crippen LogP contribution in [0.2, 0.25) is 0 Å². The number of nitrogens with two attached hydrogens (primary N) is 1. The summed E-state index contributed by atoms with van der Waals surface area (Å²) in [6, 6.07) is 9.64. The fourth-order valence-electron chi connectivity index (χ4n) is 3.05.